The number of anilines is 1. The van der Waals surface area contributed by atoms with Crippen LogP contribution in [0.15, 0.2) is 54.9 Å². The number of amides is 2. The van der Waals surface area contributed by atoms with Crippen LogP contribution in [0.5, 0.6) is 5.88 Å². The zero-order valence-electron chi connectivity index (χ0n) is 19.9. The summed E-state index contributed by atoms with van der Waals surface area (Å²) in [5.74, 6) is 0.106. The lowest BCUT2D eigenvalue weighted by Gasteiger charge is -2.32. The van der Waals surface area contributed by atoms with Gasteiger partial charge in [-0.3, -0.25) is 9.59 Å². The second-order valence-corrected chi connectivity index (χ2v) is 10.2. The van der Waals surface area contributed by atoms with E-state index in [1.165, 1.54) is 18.0 Å². The number of halogens is 3. The maximum Gasteiger partial charge on any atom is 0.274 e. The van der Waals surface area contributed by atoms with Gasteiger partial charge in [-0.05, 0) is 67.0 Å². The molecule has 5 rings (SSSR count). The van der Waals surface area contributed by atoms with Gasteiger partial charge >= 0.3 is 0 Å². The fourth-order valence-corrected chi connectivity index (χ4v) is 5.09. The Balaban J connectivity index is 1.16. The first kappa shape index (κ1) is 25.4. The molecule has 192 valence electrons. The number of piperidine rings is 1. The second-order valence-electron chi connectivity index (χ2n) is 9.35. The van der Waals surface area contributed by atoms with Crippen LogP contribution in [0.2, 0.25) is 10.0 Å². The molecule has 2 fully saturated rings. The number of likely N-dealkylation sites (tertiary alicyclic amines) is 1. The number of nitrogens with zero attached hydrogens (tertiary/aromatic N) is 3. The van der Waals surface area contributed by atoms with Gasteiger partial charge in [0.05, 0.1) is 27.9 Å². The van der Waals surface area contributed by atoms with Crippen molar-refractivity contribution in [1.82, 2.24) is 14.9 Å². The highest BCUT2D eigenvalue weighted by Gasteiger charge is 2.51. The summed E-state index contributed by atoms with van der Waals surface area (Å²) in [4.78, 5) is 35.5. The van der Waals surface area contributed by atoms with Gasteiger partial charge < -0.3 is 15.0 Å². The van der Waals surface area contributed by atoms with E-state index in [-0.39, 0.29) is 23.4 Å². The largest absolute Gasteiger partial charge is 0.445 e. The van der Waals surface area contributed by atoms with Crippen molar-refractivity contribution >= 4 is 40.7 Å². The molecule has 1 saturated carbocycles. The van der Waals surface area contributed by atoms with Crippen molar-refractivity contribution in [2.75, 3.05) is 25.3 Å². The predicted octanol–water partition coefficient (Wildman–Crippen LogP) is 5.78. The average Bonchev–Trinajstić information content (AvgIpc) is 3.73. The Kier molecular flexibility index (Phi) is 7.31. The van der Waals surface area contributed by atoms with Gasteiger partial charge in [0.2, 0.25) is 18.6 Å². The van der Waals surface area contributed by atoms with Crippen molar-refractivity contribution in [1.29, 1.82) is 0 Å². The van der Waals surface area contributed by atoms with Crippen molar-refractivity contribution < 1.29 is 18.7 Å². The Morgan fingerprint density at radius 3 is 2.35 bits per heavy atom. The number of aromatic nitrogens is 2. The molecule has 1 aliphatic carbocycles. The molecular formula is C27H25Cl2FN4O3. The SMILES string of the molecule is O=C(c1cnc(OCF)cn1)N1CCC(c2ccc(NC(=O)C3(c4ccc(Cl)c(Cl)c4)CC3)cc2)CC1. The molecule has 0 bridgehead atoms. The zero-order chi connectivity index (χ0) is 26.0. The van der Waals surface area contributed by atoms with Crippen LogP contribution in [-0.2, 0) is 10.2 Å². The molecule has 2 amide bonds. The quantitative estimate of drug-likeness (QED) is 0.409. The molecule has 2 aliphatic rings. The Morgan fingerprint density at radius 2 is 1.76 bits per heavy atom. The molecule has 0 atom stereocenters. The number of carbonyl (C=O) groups is 2. The maximum atomic E-state index is 13.1. The first-order valence-corrected chi connectivity index (χ1v) is 12.8. The van der Waals surface area contributed by atoms with Gasteiger partial charge in [0.25, 0.3) is 5.91 Å². The Labute approximate surface area is 224 Å². The highest BCUT2D eigenvalue weighted by Crippen LogP contribution is 2.50. The Bertz CT molecular complexity index is 1290. The van der Waals surface area contributed by atoms with E-state index in [2.05, 4.69) is 20.0 Å². The first-order chi connectivity index (χ1) is 17.9. The lowest BCUT2D eigenvalue weighted by atomic mass is 9.89. The maximum absolute atomic E-state index is 13.1. The molecule has 1 saturated heterocycles. The second kappa shape index (κ2) is 10.6. The fourth-order valence-electron chi connectivity index (χ4n) is 4.79. The fraction of sp³-hybridized carbons (Fsp3) is 0.333. The summed E-state index contributed by atoms with van der Waals surface area (Å²) in [5.41, 5.74) is 2.44. The number of nitrogens with one attached hydrogen (secondary N) is 1. The van der Waals surface area contributed by atoms with Crippen LogP contribution >= 0.6 is 23.2 Å². The van der Waals surface area contributed by atoms with Gasteiger partial charge in [-0.2, -0.15) is 0 Å². The lowest BCUT2D eigenvalue weighted by Crippen LogP contribution is -2.38. The minimum absolute atomic E-state index is 0.0408. The minimum Gasteiger partial charge on any atom is -0.445 e. The van der Waals surface area contributed by atoms with E-state index in [1.54, 1.807) is 17.0 Å². The van der Waals surface area contributed by atoms with Crippen LogP contribution in [0, 0.1) is 0 Å². The molecule has 37 heavy (non-hydrogen) atoms. The zero-order valence-corrected chi connectivity index (χ0v) is 21.4. The highest BCUT2D eigenvalue weighted by molar-refractivity contribution is 6.42. The molecule has 2 aromatic carbocycles. The minimum atomic E-state index is -0.998. The van der Waals surface area contributed by atoms with Gasteiger partial charge in [0.15, 0.2) is 0 Å². The summed E-state index contributed by atoms with van der Waals surface area (Å²) in [5, 5.41) is 3.97. The Hall–Kier alpha value is -3.23. The monoisotopic (exact) mass is 542 g/mol. The van der Waals surface area contributed by atoms with Crippen LogP contribution < -0.4 is 10.1 Å². The number of ether oxygens (including phenoxy) is 1. The molecule has 1 aliphatic heterocycles. The number of hydrogen-bond acceptors (Lipinski definition) is 5. The van der Waals surface area contributed by atoms with Crippen LogP contribution in [0.3, 0.4) is 0 Å². The van der Waals surface area contributed by atoms with Gasteiger partial charge in [-0.15, -0.1) is 0 Å². The van der Waals surface area contributed by atoms with E-state index in [0.29, 0.717) is 29.1 Å². The molecular weight excluding hydrogens is 518 g/mol. The van der Waals surface area contributed by atoms with Crippen LogP contribution in [0.1, 0.15) is 53.2 Å². The molecule has 7 nitrogen and oxygen atoms in total. The van der Waals surface area contributed by atoms with Gasteiger partial charge in [-0.25, -0.2) is 14.4 Å². The summed E-state index contributed by atoms with van der Waals surface area (Å²) in [6.45, 7) is 0.194. The van der Waals surface area contributed by atoms with Gasteiger partial charge in [-0.1, -0.05) is 41.4 Å². The smallest absolute Gasteiger partial charge is 0.274 e. The third-order valence-corrected chi connectivity index (χ3v) is 7.87. The molecule has 0 radical (unpaired) electrons. The van der Waals surface area contributed by atoms with Crippen molar-refractivity contribution in [3.05, 3.63) is 81.7 Å². The average molecular weight is 543 g/mol. The van der Waals surface area contributed by atoms with Crippen LogP contribution in [-0.4, -0.2) is 46.6 Å². The summed E-state index contributed by atoms with van der Waals surface area (Å²) in [7, 11) is 0. The topological polar surface area (TPSA) is 84.4 Å². The third kappa shape index (κ3) is 5.40. The summed E-state index contributed by atoms with van der Waals surface area (Å²) in [6.07, 6.45) is 5.72. The van der Waals surface area contributed by atoms with E-state index in [9.17, 15) is 14.0 Å². The first-order valence-electron chi connectivity index (χ1n) is 12.1. The number of alkyl halides is 1. The molecule has 2 heterocycles. The van der Waals surface area contributed by atoms with Gasteiger partial charge in [0.1, 0.15) is 5.69 Å². The molecule has 0 spiro atoms. The lowest BCUT2D eigenvalue weighted by molar-refractivity contribution is -0.118. The summed E-state index contributed by atoms with van der Waals surface area (Å²) in [6, 6.07) is 13.3. The summed E-state index contributed by atoms with van der Waals surface area (Å²) < 4.78 is 16.9. The highest BCUT2D eigenvalue weighted by atomic mass is 35.5. The van der Waals surface area contributed by atoms with Crippen molar-refractivity contribution in [3.63, 3.8) is 0 Å². The third-order valence-electron chi connectivity index (χ3n) is 7.13. The van der Waals surface area contributed by atoms with Crippen LogP contribution in [0.4, 0.5) is 10.1 Å². The molecule has 1 N–H and O–H groups in total. The van der Waals surface area contributed by atoms with Crippen molar-refractivity contribution in [3.8, 4) is 5.88 Å². The standard InChI is InChI=1S/C27H25Cl2FN4O3/c28-21-6-3-19(13-22(21)29)27(9-10-27)26(36)33-20-4-1-17(2-5-20)18-7-11-34(12-8-18)25(35)23-14-32-24(15-31-23)37-16-30/h1-6,13-15,18H,7-12,16H2,(H,33,36). The van der Waals surface area contributed by atoms with E-state index in [0.717, 1.165) is 36.9 Å². The predicted molar refractivity (Wildman–Crippen MR) is 139 cm³/mol. The van der Waals surface area contributed by atoms with Crippen LogP contribution in [0.25, 0.3) is 0 Å². The van der Waals surface area contributed by atoms with E-state index < -0.39 is 12.3 Å². The van der Waals surface area contributed by atoms with Gasteiger partial charge in [0, 0.05) is 18.8 Å². The summed E-state index contributed by atoms with van der Waals surface area (Å²) >= 11 is 12.2. The molecule has 3 aromatic rings. The number of carbonyl (C=O) groups excluding carboxylic acids is 2. The van der Waals surface area contributed by atoms with E-state index >= 15 is 0 Å². The molecule has 0 unspecified atom stereocenters. The number of hydrogen-bond donors (Lipinski definition) is 1. The Morgan fingerprint density at radius 1 is 1.03 bits per heavy atom. The normalized spacial score (nSPS) is 16.8. The van der Waals surface area contributed by atoms with E-state index in [1.807, 2.05) is 30.3 Å². The van der Waals surface area contributed by atoms with E-state index in [4.69, 9.17) is 23.2 Å². The van der Waals surface area contributed by atoms with Crippen molar-refractivity contribution in [2.24, 2.45) is 0 Å². The molecule has 10 heteroatoms. The number of rotatable bonds is 7. The number of benzene rings is 2. The van der Waals surface area contributed by atoms with Crippen molar-refractivity contribution in [2.45, 2.75) is 37.0 Å². The molecule has 1 aromatic heterocycles.